The number of fused-ring (bicyclic) bond motifs is 1. The summed E-state index contributed by atoms with van der Waals surface area (Å²) in [5.74, 6) is 0. The van der Waals surface area contributed by atoms with E-state index in [1.165, 1.54) is 30.3 Å². The van der Waals surface area contributed by atoms with Crippen LogP contribution < -0.4 is 0 Å². The summed E-state index contributed by atoms with van der Waals surface area (Å²) in [4.78, 5) is -0.389. The van der Waals surface area contributed by atoms with Gasteiger partial charge in [0.05, 0.1) is 4.90 Å². The van der Waals surface area contributed by atoms with Gasteiger partial charge in [0.15, 0.2) is 0 Å². The summed E-state index contributed by atoms with van der Waals surface area (Å²) in [6.45, 7) is 0. The summed E-state index contributed by atoms with van der Waals surface area (Å²) in [7, 11) is -4.82. The van der Waals surface area contributed by atoms with Crippen LogP contribution >= 0.6 is 0 Å². The monoisotopic (exact) mass is 318 g/mol. The summed E-state index contributed by atoms with van der Waals surface area (Å²) in [6, 6.07) is 17.6. The zero-order chi connectivity index (χ0) is 15.8. The molecule has 0 saturated heterocycles. The molecule has 0 spiro atoms. The summed E-state index contributed by atoms with van der Waals surface area (Å²) in [5, 5.41) is -2.58. The number of hydrogen-bond donors (Lipinski definition) is 0. The highest BCUT2D eigenvalue weighted by atomic mass is 32.2. The Labute approximate surface area is 126 Å². The third-order valence-corrected chi connectivity index (χ3v) is 5.26. The maximum absolute atomic E-state index is 14.4. The first kappa shape index (κ1) is 14.7. The lowest BCUT2D eigenvalue weighted by Crippen LogP contribution is -2.26. The predicted molar refractivity (Wildman–Crippen MR) is 81.5 cm³/mol. The fourth-order valence-corrected chi connectivity index (χ4v) is 3.54. The molecular weight excluding hydrogens is 306 g/mol. The van der Waals surface area contributed by atoms with Crippen molar-refractivity contribution in [2.45, 2.75) is 10.2 Å². The molecule has 0 aliphatic heterocycles. The Balaban J connectivity index is 2.15. The Bertz CT molecular complexity index is 920. The Morgan fingerprint density at radius 1 is 0.727 bits per heavy atom. The van der Waals surface area contributed by atoms with E-state index in [-0.39, 0.29) is 4.90 Å². The van der Waals surface area contributed by atoms with E-state index in [2.05, 4.69) is 0 Å². The van der Waals surface area contributed by atoms with E-state index >= 15 is 0 Å². The third kappa shape index (κ3) is 2.27. The molecule has 0 unspecified atom stereocenters. The van der Waals surface area contributed by atoms with Crippen molar-refractivity contribution in [3.05, 3.63) is 78.4 Å². The first-order valence-corrected chi connectivity index (χ1v) is 8.08. The minimum atomic E-state index is -4.82. The van der Waals surface area contributed by atoms with Gasteiger partial charge in [-0.2, -0.15) is 8.78 Å². The van der Waals surface area contributed by atoms with Crippen LogP contribution in [0, 0.1) is 0 Å². The van der Waals surface area contributed by atoms with Gasteiger partial charge in [-0.1, -0.05) is 60.7 Å². The predicted octanol–water partition coefficient (Wildman–Crippen LogP) is 4.36. The van der Waals surface area contributed by atoms with Gasteiger partial charge >= 0.3 is 5.25 Å². The number of rotatable bonds is 3. The topological polar surface area (TPSA) is 34.1 Å². The van der Waals surface area contributed by atoms with Crippen LogP contribution in [-0.2, 0) is 15.1 Å². The number of sulfone groups is 1. The van der Waals surface area contributed by atoms with E-state index in [9.17, 15) is 17.2 Å². The highest BCUT2D eigenvalue weighted by Crippen LogP contribution is 2.39. The van der Waals surface area contributed by atoms with Crippen molar-refractivity contribution in [1.29, 1.82) is 0 Å². The van der Waals surface area contributed by atoms with Crippen molar-refractivity contribution >= 4 is 20.6 Å². The van der Waals surface area contributed by atoms with Crippen LogP contribution in [0.4, 0.5) is 8.78 Å². The molecule has 0 saturated carbocycles. The highest BCUT2D eigenvalue weighted by Gasteiger charge is 2.47. The quantitative estimate of drug-likeness (QED) is 0.719. The molecule has 3 aromatic rings. The second-order valence-electron chi connectivity index (χ2n) is 4.90. The van der Waals surface area contributed by atoms with Gasteiger partial charge < -0.3 is 0 Å². The molecule has 0 fully saturated rings. The Morgan fingerprint density at radius 3 is 2.00 bits per heavy atom. The summed E-state index contributed by atoms with van der Waals surface area (Å²) < 4.78 is 53.6. The van der Waals surface area contributed by atoms with Crippen LogP contribution in [-0.4, -0.2) is 8.42 Å². The second-order valence-corrected chi connectivity index (χ2v) is 6.89. The average Bonchev–Trinajstić information content (AvgIpc) is 2.55. The SMILES string of the molecule is O=S(=O)(c1ccc2ccccc2c1)C(F)(F)c1ccccc1. The number of benzene rings is 3. The summed E-state index contributed by atoms with van der Waals surface area (Å²) >= 11 is 0. The molecule has 5 heteroatoms. The van der Waals surface area contributed by atoms with E-state index in [0.717, 1.165) is 17.5 Å². The molecule has 0 aromatic heterocycles. The van der Waals surface area contributed by atoms with Crippen LogP contribution in [0.15, 0.2) is 77.7 Å². The fraction of sp³-hybridized carbons (Fsp3) is 0.0588. The molecule has 0 N–H and O–H groups in total. The van der Waals surface area contributed by atoms with E-state index in [0.29, 0.717) is 5.39 Å². The van der Waals surface area contributed by atoms with Crippen molar-refractivity contribution in [1.82, 2.24) is 0 Å². The Morgan fingerprint density at radius 2 is 1.32 bits per heavy atom. The van der Waals surface area contributed by atoms with Crippen LogP contribution in [0.2, 0.25) is 0 Å². The van der Waals surface area contributed by atoms with Gasteiger partial charge in [-0.25, -0.2) is 8.42 Å². The van der Waals surface area contributed by atoms with E-state index in [4.69, 9.17) is 0 Å². The molecule has 0 radical (unpaired) electrons. The van der Waals surface area contributed by atoms with Gasteiger partial charge in [0.25, 0.3) is 0 Å². The summed E-state index contributed by atoms with van der Waals surface area (Å²) in [5.41, 5.74) is -0.539. The van der Waals surface area contributed by atoms with Crippen LogP contribution in [0.5, 0.6) is 0 Å². The summed E-state index contributed by atoms with van der Waals surface area (Å²) in [6.07, 6.45) is 0. The van der Waals surface area contributed by atoms with Crippen LogP contribution in [0.1, 0.15) is 5.56 Å². The lowest BCUT2D eigenvalue weighted by Gasteiger charge is -2.17. The molecule has 0 aliphatic carbocycles. The van der Waals surface area contributed by atoms with Gasteiger partial charge in [0.1, 0.15) is 0 Å². The molecule has 0 aliphatic rings. The lowest BCUT2D eigenvalue weighted by atomic mass is 10.1. The van der Waals surface area contributed by atoms with E-state index < -0.39 is 20.7 Å². The van der Waals surface area contributed by atoms with Gasteiger partial charge in [-0.15, -0.1) is 0 Å². The van der Waals surface area contributed by atoms with Gasteiger partial charge in [0.2, 0.25) is 9.84 Å². The van der Waals surface area contributed by atoms with Crippen LogP contribution in [0.3, 0.4) is 0 Å². The van der Waals surface area contributed by atoms with Crippen molar-refractivity contribution in [3.63, 3.8) is 0 Å². The molecular formula is C17H12F2O2S. The molecule has 2 nitrogen and oxygen atoms in total. The zero-order valence-corrected chi connectivity index (χ0v) is 12.2. The highest BCUT2D eigenvalue weighted by molar-refractivity contribution is 7.92. The number of halogens is 2. The molecule has 112 valence electrons. The van der Waals surface area contributed by atoms with E-state index in [1.54, 1.807) is 30.3 Å². The fourth-order valence-electron chi connectivity index (χ4n) is 2.27. The number of hydrogen-bond acceptors (Lipinski definition) is 2. The lowest BCUT2D eigenvalue weighted by molar-refractivity contribution is 0.0906. The van der Waals surface area contributed by atoms with Gasteiger partial charge in [-0.3, -0.25) is 0 Å². The molecule has 0 heterocycles. The van der Waals surface area contributed by atoms with Gasteiger partial charge in [0, 0.05) is 5.56 Å². The van der Waals surface area contributed by atoms with Crippen molar-refractivity contribution < 1.29 is 17.2 Å². The standard InChI is InChI=1S/C17H12F2O2S/c18-17(19,15-8-2-1-3-9-15)22(20,21)16-11-10-13-6-4-5-7-14(13)12-16/h1-12H. The minimum absolute atomic E-state index is 0.389. The zero-order valence-electron chi connectivity index (χ0n) is 11.4. The maximum atomic E-state index is 14.4. The molecule has 0 bridgehead atoms. The first-order chi connectivity index (χ1) is 10.4. The van der Waals surface area contributed by atoms with Crippen molar-refractivity contribution in [2.24, 2.45) is 0 Å². The molecule has 22 heavy (non-hydrogen) atoms. The largest absolute Gasteiger partial charge is 0.375 e. The maximum Gasteiger partial charge on any atom is 0.375 e. The molecule has 0 amide bonds. The average molecular weight is 318 g/mol. The Hall–Kier alpha value is -2.27. The van der Waals surface area contributed by atoms with Gasteiger partial charge in [-0.05, 0) is 22.9 Å². The van der Waals surface area contributed by atoms with E-state index in [1.807, 2.05) is 0 Å². The second kappa shape index (κ2) is 5.18. The smallest absolute Gasteiger partial charge is 0.217 e. The number of alkyl halides is 2. The van der Waals surface area contributed by atoms with Crippen molar-refractivity contribution in [3.8, 4) is 0 Å². The normalized spacial score (nSPS) is 12.5. The first-order valence-electron chi connectivity index (χ1n) is 6.60. The van der Waals surface area contributed by atoms with Crippen LogP contribution in [0.25, 0.3) is 10.8 Å². The minimum Gasteiger partial charge on any atom is -0.217 e. The molecule has 0 atom stereocenters. The Kier molecular flexibility index (Phi) is 3.45. The van der Waals surface area contributed by atoms with Crippen molar-refractivity contribution in [2.75, 3.05) is 0 Å². The third-order valence-electron chi connectivity index (χ3n) is 3.48. The molecule has 3 aromatic carbocycles. The molecule has 3 rings (SSSR count).